The van der Waals surface area contributed by atoms with Crippen molar-refractivity contribution in [2.24, 2.45) is 0 Å². The summed E-state index contributed by atoms with van der Waals surface area (Å²) in [5, 5.41) is 8.44. The lowest BCUT2D eigenvalue weighted by Crippen LogP contribution is -2.31. The van der Waals surface area contributed by atoms with Gasteiger partial charge in [0.05, 0.1) is 34.5 Å². The molecule has 142 valence electrons. The van der Waals surface area contributed by atoms with E-state index in [4.69, 9.17) is 16.3 Å². The van der Waals surface area contributed by atoms with Crippen LogP contribution in [0, 0.1) is 6.92 Å². The molecule has 1 aromatic carbocycles. The molecular weight excluding hydrogens is 366 g/mol. The maximum atomic E-state index is 12.5. The third-order valence-corrected chi connectivity index (χ3v) is 4.59. The maximum absolute atomic E-state index is 12.5. The van der Waals surface area contributed by atoms with Crippen LogP contribution in [0.1, 0.15) is 16.1 Å². The van der Waals surface area contributed by atoms with E-state index in [1.807, 2.05) is 50.2 Å². The van der Waals surface area contributed by atoms with Crippen molar-refractivity contribution < 1.29 is 9.53 Å². The highest BCUT2D eigenvalue weighted by atomic mass is 35.5. The molecule has 0 radical (unpaired) electrons. The summed E-state index contributed by atoms with van der Waals surface area (Å²) in [6.07, 6.45) is 1.49. The molecule has 0 spiro atoms. The third-order valence-electron chi connectivity index (χ3n) is 4.20. The minimum absolute atomic E-state index is 0.246. The standard InChI is InChI=1S/C19H22ClN5O2/c1-12-16-17(20)15(19(26)21-8-9-24(2)3)11-22-18(16)25(23-12)13-6-5-7-14(10-13)27-4/h5-7,10-11H,8-9H2,1-4H3,(H,21,26). The smallest absolute Gasteiger partial charge is 0.254 e. The summed E-state index contributed by atoms with van der Waals surface area (Å²) in [5.41, 5.74) is 2.44. The molecule has 3 aromatic rings. The second-order valence-corrected chi connectivity index (χ2v) is 6.82. The van der Waals surface area contributed by atoms with Gasteiger partial charge in [-0.2, -0.15) is 5.10 Å². The van der Waals surface area contributed by atoms with Gasteiger partial charge in [0.25, 0.3) is 5.91 Å². The maximum Gasteiger partial charge on any atom is 0.254 e. The molecule has 0 aliphatic carbocycles. The number of carbonyl (C=O) groups excluding carboxylic acids is 1. The Bertz CT molecular complexity index is 984. The topological polar surface area (TPSA) is 72.3 Å². The summed E-state index contributed by atoms with van der Waals surface area (Å²) in [6, 6.07) is 7.51. The van der Waals surface area contributed by atoms with Crippen LogP contribution in [-0.4, -0.2) is 59.9 Å². The molecule has 1 amide bonds. The van der Waals surface area contributed by atoms with Crippen molar-refractivity contribution in [3.05, 3.63) is 46.7 Å². The number of amides is 1. The molecule has 0 aliphatic heterocycles. The first kappa shape index (κ1) is 19.1. The zero-order valence-electron chi connectivity index (χ0n) is 15.8. The van der Waals surface area contributed by atoms with E-state index >= 15 is 0 Å². The first-order valence-corrected chi connectivity index (χ1v) is 8.91. The Morgan fingerprint density at radius 2 is 2.15 bits per heavy atom. The number of ether oxygens (including phenoxy) is 1. The van der Waals surface area contributed by atoms with Crippen LogP contribution in [0.25, 0.3) is 16.7 Å². The van der Waals surface area contributed by atoms with Gasteiger partial charge >= 0.3 is 0 Å². The van der Waals surface area contributed by atoms with Crippen LogP contribution in [0.4, 0.5) is 0 Å². The van der Waals surface area contributed by atoms with Gasteiger partial charge < -0.3 is 15.0 Å². The molecule has 0 fully saturated rings. The van der Waals surface area contributed by atoms with Gasteiger partial charge in [-0.05, 0) is 33.2 Å². The van der Waals surface area contributed by atoms with Crippen LogP contribution < -0.4 is 10.1 Å². The van der Waals surface area contributed by atoms with Gasteiger partial charge in [-0.1, -0.05) is 17.7 Å². The molecular formula is C19H22ClN5O2. The van der Waals surface area contributed by atoms with Gasteiger partial charge in [0, 0.05) is 25.4 Å². The normalized spacial score (nSPS) is 11.2. The molecule has 7 nitrogen and oxygen atoms in total. The number of aromatic nitrogens is 3. The molecule has 1 N–H and O–H groups in total. The molecule has 0 atom stereocenters. The molecule has 2 aromatic heterocycles. The van der Waals surface area contributed by atoms with E-state index in [0.29, 0.717) is 33.9 Å². The lowest BCUT2D eigenvalue weighted by atomic mass is 10.2. The molecule has 8 heteroatoms. The van der Waals surface area contributed by atoms with E-state index in [1.54, 1.807) is 11.8 Å². The quantitative estimate of drug-likeness (QED) is 0.704. The summed E-state index contributed by atoms with van der Waals surface area (Å²) in [4.78, 5) is 18.9. The Kier molecular flexibility index (Phi) is 5.62. The van der Waals surface area contributed by atoms with E-state index in [1.165, 1.54) is 6.20 Å². The second kappa shape index (κ2) is 7.94. The van der Waals surface area contributed by atoms with Gasteiger partial charge in [-0.25, -0.2) is 9.67 Å². The highest BCUT2D eigenvalue weighted by molar-refractivity contribution is 6.38. The molecule has 0 saturated heterocycles. The van der Waals surface area contributed by atoms with E-state index in [2.05, 4.69) is 15.4 Å². The van der Waals surface area contributed by atoms with Gasteiger partial charge in [-0.15, -0.1) is 0 Å². The SMILES string of the molecule is COc1cccc(-n2nc(C)c3c(Cl)c(C(=O)NCCN(C)C)cnc32)c1. The van der Waals surface area contributed by atoms with Crippen molar-refractivity contribution in [3.8, 4) is 11.4 Å². The summed E-state index contributed by atoms with van der Waals surface area (Å²) in [7, 11) is 5.51. The molecule has 0 bridgehead atoms. The average molecular weight is 388 g/mol. The fraction of sp³-hybridized carbons (Fsp3) is 0.316. The van der Waals surface area contributed by atoms with E-state index in [9.17, 15) is 4.79 Å². The lowest BCUT2D eigenvalue weighted by molar-refractivity contribution is 0.0951. The monoisotopic (exact) mass is 387 g/mol. The lowest BCUT2D eigenvalue weighted by Gasteiger charge is -2.11. The average Bonchev–Trinajstić information content (AvgIpc) is 2.99. The number of methoxy groups -OCH3 is 1. The predicted molar refractivity (Wildman–Crippen MR) is 106 cm³/mol. The Labute approximate surface area is 162 Å². The van der Waals surface area contributed by atoms with Crippen molar-refractivity contribution in [1.82, 2.24) is 25.0 Å². The highest BCUT2D eigenvalue weighted by Crippen LogP contribution is 2.30. The molecule has 27 heavy (non-hydrogen) atoms. The van der Waals surface area contributed by atoms with Crippen LogP contribution in [0.3, 0.4) is 0 Å². The Morgan fingerprint density at radius 3 is 2.85 bits per heavy atom. The molecule has 0 unspecified atom stereocenters. The number of hydrogen-bond donors (Lipinski definition) is 1. The fourth-order valence-corrected chi connectivity index (χ4v) is 3.13. The summed E-state index contributed by atoms with van der Waals surface area (Å²) >= 11 is 6.55. The van der Waals surface area contributed by atoms with Crippen molar-refractivity contribution >= 4 is 28.5 Å². The van der Waals surface area contributed by atoms with Gasteiger partial charge in [0.2, 0.25) is 0 Å². The number of hydrogen-bond acceptors (Lipinski definition) is 5. The van der Waals surface area contributed by atoms with Gasteiger partial charge in [0.1, 0.15) is 5.75 Å². The minimum Gasteiger partial charge on any atom is -0.497 e. The Balaban J connectivity index is 2.00. The van der Waals surface area contributed by atoms with Crippen LogP contribution >= 0.6 is 11.6 Å². The van der Waals surface area contributed by atoms with Crippen molar-refractivity contribution in [2.45, 2.75) is 6.92 Å². The number of halogens is 1. The number of nitrogens with one attached hydrogen (secondary N) is 1. The van der Waals surface area contributed by atoms with Crippen LogP contribution in [0.15, 0.2) is 30.5 Å². The number of nitrogens with zero attached hydrogens (tertiary/aromatic N) is 4. The first-order chi connectivity index (χ1) is 12.9. The van der Waals surface area contributed by atoms with Crippen molar-refractivity contribution in [2.75, 3.05) is 34.3 Å². The van der Waals surface area contributed by atoms with E-state index in [-0.39, 0.29) is 5.91 Å². The number of fused-ring (bicyclic) bond motifs is 1. The number of benzene rings is 1. The number of carbonyl (C=O) groups is 1. The highest BCUT2D eigenvalue weighted by Gasteiger charge is 2.20. The largest absolute Gasteiger partial charge is 0.497 e. The van der Waals surface area contributed by atoms with E-state index < -0.39 is 0 Å². The van der Waals surface area contributed by atoms with Crippen LogP contribution in [0.2, 0.25) is 5.02 Å². The molecule has 0 aliphatic rings. The molecule has 0 saturated carbocycles. The van der Waals surface area contributed by atoms with Crippen LogP contribution in [0.5, 0.6) is 5.75 Å². The third kappa shape index (κ3) is 3.89. The van der Waals surface area contributed by atoms with Crippen molar-refractivity contribution in [1.29, 1.82) is 0 Å². The zero-order chi connectivity index (χ0) is 19.6. The number of aryl methyl sites for hydroxylation is 1. The van der Waals surface area contributed by atoms with Gasteiger partial charge in [0.15, 0.2) is 5.65 Å². The summed E-state index contributed by atoms with van der Waals surface area (Å²) < 4.78 is 6.98. The first-order valence-electron chi connectivity index (χ1n) is 8.53. The number of likely N-dealkylation sites (N-methyl/N-ethyl adjacent to an activating group) is 1. The van der Waals surface area contributed by atoms with Crippen LogP contribution in [-0.2, 0) is 0 Å². The molecule has 2 heterocycles. The number of rotatable bonds is 6. The fourth-order valence-electron chi connectivity index (χ4n) is 2.78. The molecule has 3 rings (SSSR count). The second-order valence-electron chi connectivity index (χ2n) is 6.44. The zero-order valence-corrected chi connectivity index (χ0v) is 16.5. The predicted octanol–water partition coefficient (Wildman–Crippen LogP) is 2.68. The summed E-state index contributed by atoms with van der Waals surface area (Å²) in [5.74, 6) is 0.474. The van der Waals surface area contributed by atoms with Crippen molar-refractivity contribution in [3.63, 3.8) is 0 Å². The Morgan fingerprint density at radius 1 is 1.37 bits per heavy atom. The van der Waals surface area contributed by atoms with Gasteiger partial charge in [-0.3, -0.25) is 4.79 Å². The van der Waals surface area contributed by atoms with E-state index in [0.717, 1.165) is 18.0 Å². The summed E-state index contributed by atoms with van der Waals surface area (Å²) in [6.45, 7) is 3.12. The minimum atomic E-state index is -0.246. The Hall–Kier alpha value is -2.64. The number of pyridine rings is 1.